The summed E-state index contributed by atoms with van der Waals surface area (Å²) in [6, 6.07) is 0. The molecule has 3 fully saturated rings. The van der Waals surface area contributed by atoms with Crippen molar-refractivity contribution < 1.29 is 15.3 Å². The second kappa shape index (κ2) is 9.09. The predicted octanol–water partition coefficient (Wildman–Crippen LogP) is 2.87. The molecule has 3 atom stereocenters. The molecule has 3 N–H and O–H groups in total. The number of hydrogen-bond donors (Lipinski definition) is 3. The van der Waals surface area contributed by atoms with Gasteiger partial charge in [-0.2, -0.15) is 0 Å². The van der Waals surface area contributed by atoms with Gasteiger partial charge in [0.15, 0.2) is 0 Å². The van der Waals surface area contributed by atoms with Crippen molar-refractivity contribution in [1.82, 2.24) is 0 Å². The molecule has 25 heavy (non-hydrogen) atoms. The minimum Gasteiger partial charge on any atom is -0.393 e. The highest BCUT2D eigenvalue weighted by Gasteiger charge is 2.27. The maximum absolute atomic E-state index is 10.4. The normalized spacial score (nSPS) is 41.8. The summed E-state index contributed by atoms with van der Waals surface area (Å²) in [5.41, 5.74) is 0. The van der Waals surface area contributed by atoms with Gasteiger partial charge in [-0.25, -0.2) is 0 Å². The van der Waals surface area contributed by atoms with E-state index in [2.05, 4.69) is 23.7 Å². The summed E-state index contributed by atoms with van der Waals surface area (Å²) in [7, 11) is 0. The maximum atomic E-state index is 10.4. The molecule has 0 bridgehead atoms. The van der Waals surface area contributed by atoms with E-state index < -0.39 is 0 Å². The van der Waals surface area contributed by atoms with Gasteiger partial charge in [0.25, 0.3) is 0 Å². The Labute approximate surface area is 152 Å². The van der Waals surface area contributed by atoms with Gasteiger partial charge in [0.1, 0.15) is 0 Å². The monoisotopic (exact) mass is 344 g/mol. The first-order valence-corrected chi connectivity index (χ1v) is 10.2. The van der Waals surface area contributed by atoms with Crippen LogP contribution >= 0.6 is 0 Å². The minimum absolute atomic E-state index is 0.0923. The highest BCUT2D eigenvalue weighted by Crippen LogP contribution is 2.30. The fraction of sp³-hybridized carbons (Fsp3) is 0.818. The van der Waals surface area contributed by atoms with Crippen LogP contribution in [-0.2, 0) is 0 Å². The van der Waals surface area contributed by atoms with Crippen molar-refractivity contribution in [2.24, 2.45) is 23.7 Å². The quantitative estimate of drug-likeness (QED) is 0.592. The van der Waals surface area contributed by atoms with E-state index in [-0.39, 0.29) is 24.2 Å². The molecule has 0 aromatic rings. The first-order valence-electron chi connectivity index (χ1n) is 10.2. The van der Waals surface area contributed by atoms with Crippen molar-refractivity contribution in [3.05, 3.63) is 0 Å². The Kier molecular flexibility index (Phi) is 6.83. The number of rotatable bonds is 0. The van der Waals surface area contributed by atoms with Crippen LogP contribution in [0.2, 0.25) is 0 Å². The van der Waals surface area contributed by atoms with Crippen molar-refractivity contribution in [1.29, 1.82) is 0 Å². The average molecular weight is 344 g/mol. The van der Waals surface area contributed by atoms with E-state index in [1.165, 1.54) is 0 Å². The Morgan fingerprint density at radius 1 is 0.480 bits per heavy atom. The molecule has 3 unspecified atom stereocenters. The fourth-order valence-corrected chi connectivity index (χ4v) is 4.35. The summed E-state index contributed by atoms with van der Waals surface area (Å²) in [6.07, 6.45) is 9.56. The Hall–Kier alpha value is -1.00. The zero-order valence-electron chi connectivity index (χ0n) is 15.2. The van der Waals surface area contributed by atoms with Gasteiger partial charge >= 0.3 is 0 Å². The second-order valence-electron chi connectivity index (χ2n) is 8.27. The van der Waals surface area contributed by atoms with E-state index in [4.69, 9.17) is 0 Å². The highest BCUT2D eigenvalue weighted by molar-refractivity contribution is 5.14. The van der Waals surface area contributed by atoms with Crippen LogP contribution in [0, 0.1) is 47.4 Å². The van der Waals surface area contributed by atoms with Crippen molar-refractivity contribution in [2.45, 2.75) is 88.9 Å². The third-order valence-electron chi connectivity index (χ3n) is 6.17. The van der Waals surface area contributed by atoms with Crippen LogP contribution in [0.4, 0.5) is 0 Å². The van der Waals surface area contributed by atoms with E-state index in [1.54, 1.807) is 0 Å². The summed E-state index contributed by atoms with van der Waals surface area (Å²) in [4.78, 5) is 0. The van der Waals surface area contributed by atoms with E-state index in [1.807, 2.05) is 0 Å². The smallest absolute Gasteiger partial charge is 0.0689 e. The number of aliphatic hydroxyl groups is 3. The fourth-order valence-electron chi connectivity index (χ4n) is 4.35. The van der Waals surface area contributed by atoms with Crippen molar-refractivity contribution in [3.8, 4) is 23.7 Å². The molecule has 3 aliphatic rings. The van der Waals surface area contributed by atoms with Crippen molar-refractivity contribution in [3.63, 3.8) is 0 Å². The zero-order chi connectivity index (χ0) is 17.6. The molecule has 3 saturated carbocycles. The number of aliphatic hydroxyl groups excluding tert-OH is 3. The molecule has 3 nitrogen and oxygen atoms in total. The molecule has 0 aliphatic heterocycles. The molecule has 0 amide bonds. The van der Waals surface area contributed by atoms with Crippen LogP contribution < -0.4 is 0 Å². The van der Waals surface area contributed by atoms with E-state index in [0.29, 0.717) is 17.8 Å². The Morgan fingerprint density at radius 2 is 0.920 bits per heavy atom. The van der Waals surface area contributed by atoms with Gasteiger partial charge in [-0.15, -0.1) is 0 Å². The lowest BCUT2D eigenvalue weighted by Crippen LogP contribution is -2.28. The summed E-state index contributed by atoms with van der Waals surface area (Å²) < 4.78 is 0. The number of hydrogen-bond acceptors (Lipinski definition) is 3. The van der Waals surface area contributed by atoms with Gasteiger partial charge in [0.05, 0.1) is 18.3 Å². The molecule has 0 saturated heterocycles. The molecule has 3 aliphatic carbocycles. The Morgan fingerprint density at radius 3 is 1.44 bits per heavy atom. The molecule has 0 spiro atoms. The Balaban J connectivity index is 1.45. The summed E-state index contributed by atoms with van der Waals surface area (Å²) in [5, 5.41) is 29.6. The van der Waals surface area contributed by atoms with Crippen LogP contribution in [0.1, 0.15) is 70.6 Å². The van der Waals surface area contributed by atoms with Gasteiger partial charge in [-0.3, -0.25) is 0 Å². The van der Waals surface area contributed by atoms with E-state index in [0.717, 1.165) is 70.6 Å². The zero-order valence-corrected chi connectivity index (χ0v) is 15.2. The van der Waals surface area contributed by atoms with Crippen LogP contribution in [-0.4, -0.2) is 33.6 Å². The first kappa shape index (κ1) is 18.8. The molecule has 138 valence electrons. The second-order valence-corrected chi connectivity index (χ2v) is 8.27. The van der Waals surface area contributed by atoms with E-state index >= 15 is 0 Å². The minimum atomic E-state index is -0.358. The average Bonchev–Trinajstić information content (AvgIpc) is 2.62. The predicted molar refractivity (Wildman–Crippen MR) is 98.3 cm³/mol. The molecule has 0 heterocycles. The molecule has 3 heteroatoms. The van der Waals surface area contributed by atoms with Crippen LogP contribution in [0.15, 0.2) is 0 Å². The molecule has 3 rings (SSSR count). The molecule has 0 aromatic carbocycles. The topological polar surface area (TPSA) is 60.7 Å². The maximum Gasteiger partial charge on any atom is 0.0689 e. The molecule has 0 aromatic heterocycles. The lowest BCUT2D eigenvalue weighted by molar-refractivity contribution is 0.0823. The third-order valence-corrected chi connectivity index (χ3v) is 6.17. The summed E-state index contributed by atoms with van der Waals surface area (Å²) in [6.45, 7) is 0. The van der Waals surface area contributed by atoms with Gasteiger partial charge in [0.2, 0.25) is 0 Å². The van der Waals surface area contributed by atoms with Gasteiger partial charge in [0, 0.05) is 23.7 Å². The Bertz CT molecular complexity index is 533. The standard InChI is InChI=1S/C22H32O3/c23-20-11-5-16(6-12-20)1-2-18-4-10-19(22(25)15-18)9-3-17-7-13-21(24)14-8-17/h16-25H,4-8,10-15H2. The molecular weight excluding hydrogens is 312 g/mol. The molecule has 0 radical (unpaired) electrons. The van der Waals surface area contributed by atoms with Crippen molar-refractivity contribution in [2.75, 3.05) is 0 Å². The highest BCUT2D eigenvalue weighted by atomic mass is 16.3. The van der Waals surface area contributed by atoms with E-state index in [9.17, 15) is 15.3 Å². The van der Waals surface area contributed by atoms with Crippen LogP contribution in [0.5, 0.6) is 0 Å². The largest absolute Gasteiger partial charge is 0.393 e. The first-order chi connectivity index (χ1) is 12.1. The SMILES string of the molecule is OC1CCC(C#CC2CCC(C#CC3CCC(O)CC3)C(O)C2)CC1. The lowest BCUT2D eigenvalue weighted by Gasteiger charge is -2.28. The van der Waals surface area contributed by atoms with Gasteiger partial charge in [-0.1, -0.05) is 23.7 Å². The van der Waals surface area contributed by atoms with Crippen LogP contribution in [0.25, 0.3) is 0 Å². The summed E-state index contributed by atoms with van der Waals surface area (Å²) >= 11 is 0. The van der Waals surface area contributed by atoms with Gasteiger partial charge < -0.3 is 15.3 Å². The van der Waals surface area contributed by atoms with Crippen molar-refractivity contribution >= 4 is 0 Å². The molecular formula is C22H32O3. The summed E-state index contributed by atoms with van der Waals surface area (Å²) in [5.74, 6) is 14.7. The lowest BCUT2D eigenvalue weighted by atomic mass is 9.79. The van der Waals surface area contributed by atoms with Crippen LogP contribution in [0.3, 0.4) is 0 Å². The third kappa shape index (κ3) is 5.75. The van der Waals surface area contributed by atoms with Gasteiger partial charge in [-0.05, 0) is 70.6 Å².